The van der Waals surface area contributed by atoms with Crippen LogP contribution in [0, 0.1) is 0 Å². The Hall–Kier alpha value is -8.52. The molecule has 11 aromatic carbocycles. The molecule has 2 aliphatic rings. The van der Waals surface area contributed by atoms with Gasteiger partial charge in [0.05, 0.1) is 11.1 Å². The van der Waals surface area contributed by atoms with Gasteiger partial charge in [-0.2, -0.15) is 0 Å². The van der Waals surface area contributed by atoms with E-state index in [1.807, 2.05) is 0 Å². The van der Waals surface area contributed by atoms with Crippen LogP contribution >= 0.6 is 0 Å². The summed E-state index contributed by atoms with van der Waals surface area (Å²) in [4.78, 5) is 2.52. The van der Waals surface area contributed by atoms with Gasteiger partial charge in [-0.25, -0.2) is 0 Å². The Morgan fingerprint density at radius 2 is 0.576 bits per heavy atom. The van der Waals surface area contributed by atoms with Crippen LogP contribution in [0.4, 0.5) is 17.1 Å². The molecule has 308 valence electrons. The highest BCUT2D eigenvalue weighted by Gasteiger charge is 2.53. The first-order chi connectivity index (χ1) is 32.8. The van der Waals surface area contributed by atoms with Gasteiger partial charge in [0.1, 0.15) is 0 Å². The van der Waals surface area contributed by atoms with Gasteiger partial charge < -0.3 is 4.90 Å². The number of nitrogens with zero attached hydrogens (tertiary/aromatic N) is 1. The van der Waals surface area contributed by atoms with Crippen LogP contribution in [-0.4, -0.2) is 0 Å². The Balaban J connectivity index is 1.10. The van der Waals surface area contributed by atoms with Crippen LogP contribution in [-0.2, 0) is 5.41 Å². The average molecular weight is 838 g/mol. The van der Waals surface area contributed by atoms with E-state index in [2.05, 4.69) is 266 Å². The van der Waals surface area contributed by atoms with Crippen molar-refractivity contribution in [2.75, 3.05) is 4.90 Å². The van der Waals surface area contributed by atoms with Gasteiger partial charge in [0.25, 0.3) is 0 Å². The maximum Gasteiger partial charge on any atom is 0.0731 e. The zero-order valence-corrected chi connectivity index (χ0v) is 36.3. The third-order valence-electron chi connectivity index (χ3n) is 14.1. The fraction of sp³-hybridized carbons (Fsp3) is 0.0154. The van der Waals surface area contributed by atoms with Crippen LogP contribution in [0.5, 0.6) is 0 Å². The molecule has 0 fully saturated rings. The van der Waals surface area contributed by atoms with Gasteiger partial charge in [0.2, 0.25) is 0 Å². The fourth-order valence-electron chi connectivity index (χ4n) is 11.3. The van der Waals surface area contributed by atoms with Crippen molar-refractivity contribution in [3.63, 3.8) is 0 Å². The van der Waals surface area contributed by atoms with Crippen LogP contribution in [0.1, 0.15) is 22.3 Å². The molecule has 1 heteroatoms. The first kappa shape index (κ1) is 38.0. The molecule has 0 aromatic heterocycles. The molecule has 0 saturated carbocycles. The molecule has 1 spiro atoms. The summed E-state index contributed by atoms with van der Waals surface area (Å²) in [5.74, 6) is 0. The quantitative estimate of drug-likeness (QED) is 0.155. The first-order valence-electron chi connectivity index (χ1n) is 22.9. The monoisotopic (exact) mass is 837 g/mol. The summed E-state index contributed by atoms with van der Waals surface area (Å²) < 4.78 is 0. The van der Waals surface area contributed by atoms with Crippen molar-refractivity contribution in [1.29, 1.82) is 0 Å². The van der Waals surface area contributed by atoms with E-state index in [0.29, 0.717) is 0 Å². The maximum absolute atomic E-state index is 2.52. The highest BCUT2D eigenvalue weighted by atomic mass is 15.1. The average Bonchev–Trinajstić information content (AvgIpc) is 3.88. The van der Waals surface area contributed by atoms with Gasteiger partial charge in [0.15, 0.2) is 0 Å². The van der Waals surface area contributed by atoms with E-state index in [1.165, 1.54) is 99.8 Å². The second kappa shape index (κ2) is 15.3. The van der Waals surface area contributed by atoms with Gasteiger partial charge in [-0.05, 0) is 113 Å². The number of hydrogen-bond donors (Lipinski definition) is 0. The van der Waals surface area contributed by atoms with E-state index in [1.54, 1.807) is 0 Å². The van der Waals surface area contributed by atoms with Crippen LogP contribution < -0.4 is 4.90 Å². The predicted octanol–water partition coefficient (Wildman–Crippen LogP) is 17.3. The Labute approximate surface area is 386 Å². The van der Waals surface area contributed by atoms with Crippen molar-refractivity contribution >= 4 is 27.8 Å². The number of fused-ring (bicyclic) bond motifs is 12. The molecule has 0 atom stereocenters. The second-order valence-electron chi connectivity index (χ2n) is 17.5. The molecular formula is C65H43N. The molecule has 2 aliphatic carbocycles. The largest absolute Gasteiger partial charge is 0.309 e. The lowest BCUT2D eigenvalue weighted by Gasteiger charge is -2.34. The Morgan fingerprint density at radius 1 is 0.242 bits per heavy atom. The molecule has 0 saturated heterocycles. The predicted molar refractivity (Wildman–Crippen MR) is 277 cm³/mol. The minimum atomic E-state index is -0.513. The number of rotatable bonds is 7. The van der Waals surface area contributed by atoms with Crippen molar-refractivity contribution in [2.45, 2.75) is 5.41 Å². The SMILES string of the molecule is c1ccc(-c2ccc(-c3ccc(N(c4ccc(-c5ccccc5)cc4)c4c(-c5ccccc5)c5c(c6ccccc46)C4(c6ccccc6-c6ccccc64)c4ccccc4-5)cc3)cc2)cc1. The standard InChI is InChI=1S/C65H43N/c1-4-18-44(19-5-1)46-32-34-47(35-33-46)49-38-42-52(43-39-49)66(51-40-36-48(37-41-51)45-20-6-2-7-21-45)64-56-27-11-10-26-55(56)63-62(61(64)50-22-8-3-9-23-50)57-28-14-17-31-60(57)65(63)58-29-15-12-24-53(58)54-25-13-16-30-59(54)65/h1-43H. The van der Waals surface area contributed by atoms with Gasteiger partial charge in [0, 0.05) is 22.3 Å². The Bertz CT molecular complexity index is 3550. The summed E-state index contributed by atoms with van der Waals surface area (Å²) in [6.45, 7) is 0. The molecule has 0 aliphatic heterocycles. The summed E-state index contributed by atoms with van der Waals surface area (Å²) in [6.07, 6.45) is 0. The molecule has 66 heavy (non-hydrogen) atoms. The van der Waals surface area contributed by atoms with Gasteiger partial charge in [-0.3, -0.25) is 0 Å². The third kappa shape index (κ3) is 5.73. The lowest BCUT2D eigenvalue weighted by atomic mass is 9.69. The molecule has 0 radical (unpaired) electrons. The molecule has 0 heterocycles. The fourth-order valence-corrected chi connectivity index (χ4v) is 11.3. The van der Waals surface area contributed by atoms with Crippen LogP contribution in [0.2, 0.25) is 0 Å². The Morgan fingerprint density at radius 3 is 1.05 bits per heavy atom. The maximum atomic E-state index is 2.52. The van der Waals surface area contributed by atoms with E-state index in [4.69, 9.17) is 0 Å². The van der Waals surface area contributed by atoms with Crippen LogP contribution in [0.15, 0.2) is 261 Å². The Kier molecular flexibility index (Phi) is 8.82. The summed E-state index contributed by atoms with van der Waals surface area (Å²) in [5, 5.41) is 2.46. The van der Waals surface area contributed by atoms with Gasteiger partial charge in [-0.15, -0.1) is 0 Å². The minimum Gasteiger partial charge on any atom is -0.309 e. The van der Waals surface area contributed by atoms with Gasteiger partial charge in [-0.1, -0.05) is 237 Å². The second-order valence-corrected chi connectivity index (χ2v) is 17.5. The molecule has 0 amide bonds. The van der Waals surface area contributed by atoms with E-state index in [9.17, 15) is 0 Å². The van der Waals surface area contributed by atoms with Crippen molar-refractivity contribution in [3.8, 4) is 66.8 Å². The molecule has 13 rings (SSSR count). The molecular weight excluding hydrogens is 795 g/mol. The molecule has 0 bridgehead atoms. The van der Waals surface area contributed by atoms with Crippen molar-refractivity contribution < 1.29 is 0 Å². The van der Waals surface area contributed by atoms with E-state index >= 15 is 0 Å². The normalized spacial score (nSPS) is 12.7. The van der Waals surface area contributed by atoms with Crippen molar-refractivity contribution in [1.82, 2.24) is 0 Å². The zero-order chi connectivity index (χ0) is 43.6. The smallest absolute Gasteiger partial charge is 0.0731 e. The number of anilines is 3. The third-order valence-corrected chi connectivity index (χ3v) is 14.1. The lowest BCUT2D eigenvalue weighted by molar-refractivity contribution is 0.801. The molecule has 11 aromatic rings. The number of hydrogen-bond acceptors (Lipinski definition) is 1. The van der Waals surface area contributed by atoms with Crippen LogP contribution in [0.3, 0.4) is 0 Å². The lowest BCUT2D eigenvalue weighted by Crippen LogP contribution is -2.26. The highest BCUT2D eigenvalue weighted by molar-refractivity contribution is 6.17. The van der Waals surface area contributed by atoms with Crippen molar-refractivity contribution in [3.05, 3.63) is 283 Å². The number of benzene rings is 11. The van der Waals surface area contributed by atoms with E-state index in [0.717, 1.165) is 17.1 Å². The zero-order valence-electron chi connectivity index (χ0n) is 36.3. The summed E-state index contributed by atoms with van der Waals surface area (Å²) >= 11 is 0. The van der Waals surface area contributed by atoms with Crippen molar-refractivity contribution in [2.24, 2.45) is 0 Å². The summed E-state index contributed by atoms with van der Waals surface area (Å²) in [7, 11) is 0. The molecule has 0 N–H and O–H groups in total. The topological polar surface area (TPSA) is 3.24 Å². The summed E-state index contributed by atoms with van der Waals surface area (Å²) in [5.41, 5.74) is 23.0. The molecule has 0 unspecified atom stereocenters. The van der Waals surface area contributed by atoms with E-state index in [-0.39, 0.29) is 0 Å². The van der Waals surface area contributed by atoms with E-state index < -0.39 is 5.41 Å². The molecule has 1 nitrogen and oxygen atoms in total. The van der Waals surface area contributed by atoms with Crippen LogP contribution in [0.25, 0.3) is 77.5 Å². The highest BCUT2D eigenvalue weighted by Crippen LogP contribution is 2.67. The summed E-state index contributed by atoms with van der Waals surface area (Å²) in [6, 6.07) is 96.3. The van der Waals surface area contributed by atoms with Gasteiger partial charge >= 0.3 is 0 Å². The first-order valence-corrected chi connectivity index (χ1v) is 22.9. The minimum absolute atomic E-state index is 0.513.